The predicted octanol–water partition coefficient (Wildman–Crippen LogP) is 4.56. The van der Waals surface area contributed by atoms with E-state index in [0.29, 0.717) is 41.9 Å². The number of hydrogen-bond acceptors (Lipinski definition) is 8. The number of thioether (sulfide) groups is 1. The molecule has 0 bridgehead atoms. The van der Waals surface area contributed by atoms with Crippen LogP contribution in [0, 0.1) is 0 Å². The van der Waals surface area contributed by atoms with Crippen molar-refractivity contribution in [3.63, 3.8) is 0 Å². The largest absolute Gasteiger partial charge is 0.489 e. The number of esters is 1. The Morgan fingerprint density at radius 1 is 1.11 bits per heavy atom. The number of amidine groups is 1. The lowest BCUT2D eigenvalue weighted by molar-refractivity contribution is -0.141. The zero-order chi connectivity index (χ0) is 26.2. The number of nitrogens with zero attached hydrogens (tertiary/aromatic N) is 2. The summed E-state index contributed by atoms with van der Waals surface area (Å²) in [5.74, 6) is 0.119. The molecule has 0 radical (unpaired) electrons. The number of nitrogens with one attached hydrogen (secondary N) is 1. The number of allylic oxidation sites excluding steroid dienone is 1. The maximum absolute atomic E-state index is 13.3. The van der Waals surface area contributed by atoms with Crippen LogP contribution in [-0.4, -0.2) is 48.8 Å². The molecule has 2 aromatic rings. The van der Waals surface area contributed by atoms with Crippen molar-refractivity contribution in [1.29, 1.82) is 0 Å². The lowest BCUT2D eigenvalue weighted by Gasteiger charge is -2.36. The first-order valence-electron chi connectivity index (χ1n) is 12.2. The average molecular weight is 522 g/mol. The van der Waals surface area contributed by atoms with E-state index in [2.05, 4.69) is 5.32 Å². The number of aliphatic imine (C=N–C) groups is 1. The van der Waals surface area contributed by atoms with Crippen LogP contribution < -0.4 is 10.1 Å². The molecule has 37 heavy (non-hydrogen) atoms. The molecule has 1 atom stereocenters. The van der Waals surface area contributed by atoms with Gasteiger partial charge in [-0.25, -0.2) is 9.79 Å². The van der Waals surface area contributed by atoms with Gasteiger partial charge >= 0.3 is 5.97 Å². The Balaban J connectivity index is 1.67. The predicted molar refractivity (Wildman–Crippen MR) is 144 cm³/mol. The van der Waals surface area contributed by atoms with Crippen LogP contribution in [0.15, 0.2) is 82.0 Å². The van der Waals surface area contributed by atoms with E-state index in [-0.39, 0.29) is 18.9 Å². The third-order valence-electron chi connectivity index (χ3n) is 5.88. The molecular weight excluding hydrogens is 490 g/mol. The molecule has 0 aromatic heterocycles. The van der Waals surface area contributed by atoms with Gasteiger partial charge in [-0.3, -0.25) is 4.79 Å². The minimum atomic E-state index is -0.529. The standard InChI is InChI=1S/C28H31N3O5S/c1-4-29-24(32)16-22-18-37-28-30-19(2)25(27(33)35-14-13-34-3)26(31(22)28)21-11-8-12-23(15-21)36-17-20-9-6-5-7-10-20/h5-12,15,18,26H,4,13-14,16-17H2,1-3H3,(H,29,32). The van der Waals surface area contributed by atoms with Crippen molar-refractivity contribution in [3.8, 4) is 5.75 Å². The van der Waals surface area contributed by atoms with Crippen molar-refractivity contribution >= 4 is 28.8 Å². The zero-order valence-corrected chi connectivity index (χ0v) is 22.0. The minimum Gasteiger partial charge on any atom is -0.489 e. The molecule has 2 heterocycles. The van der Waals surface area contributed by atoms with Crippen LogP contribution in [-0.2, 0) is 25.7 Å². The fourth-order valence-electron chi connectivity index (χ4n) is 4.18. The molecule has 9 heteroatoms. The van der Waals surface area contributed by atoms with Crippen molar-refractivity contribution in [2.24, 2.45) is 4.99 Å². The molecule has 0 saturated carbocycles. The number of methoxy groups -OCH3 is 1. The molecule has 2 aromatic carbocycles. The highest BCUT2D eigenvalue weighted by molar-refractivity contribution is 8.16. The molecular formula is C28H31N3O5S. The van der Waals surface area contributed by atoms with Crippen molar-refractivity contribution < 1.29 is 23.8 Å². The summed E-state index contributed by atoms with van der Waals surface area (Å²) in [5, 5.41) is 5.48. The maximum Gasteiger partial charge on any atom is 0.338 e. The highest BCUT2D eigenvalue weighted by Gasteiger charge is 2.41. The molecule has 1 unspecified atom stereocenters. The Morgan fingerprint density at radius 2 is 1.92 bits per heavy atom. The van der Waals surface area contributed by atoms with Crippen LogP contribution in [0.4, 0.5) is 0 Å². The van der Waals surface area contributed by atoms with Crippen molar-refractivity contribution in [1.82, 2.24) is 10.2 Å². The van der Waals surface area contributed by atoms with Gasteiger partial charge in [0.25, 0.3) is 0 Å². The Bertz CT molecular complexity index is 1230. The first-order chi connectivity index (χ1) is 18.0. The van der Waals surface area contributed by atoms with Gasteiger partial charge in [-0.2, -0.15) is 0 Å². The molecule has 0 saturated heterocycles. The van der Waals surface area contributed by atoms with E-state index >= 15 is 0 Å². The molecule has 0 fully saturated rings. The second kappa shape index (κ2) is 12.6. The summed E-state index contributed by atoms with van der Waals surface area (Å²) in [4.78, 5) is 32.4. The lowest BCUT2D eigenvalue weighted by atomic mass is 9.93. The van der Waals surface area contributed by atoms with Crippen LogP contribution in [0.25, 0.3) is 0 Å². The maximum atomic E-state index is 13.3. The average Bonchev–Trinajstić information content (AvgIpc) is 3.29. The molecule has 1 amide bonds. The SMILES string of the molecule is CCNC(=O)CC1=CSC2=NC(C)=C(C(=O)OCCOC)C(c3cccc(OCc4ccccc4)c3)N12. The Morgan fingerprint density at radius 3 is 2.68 bits per heavy atom. The van der Waals surface area contributed by atoms with Crippen LogP contribution in [0.2, 0.25) is 0 Å². The molecule has 194 valence electrons. The van der Waals surface area contributed by atoms with Gasteiger partial charge in [-0.15, -0.1) is 0 Å². The van der Waals surface area contributed by atoms with E-state index in [1.807, 2.05) is 78.8 Å². The first-order valence-corrected chi connectivity index (χ1v) is 13.0. The Labute approximate surface area is 221 Å². The zero-order valence-electron chi connectivity index (χ0n) is 21.2. The van der Waals surface area contributed by atoms with Crippen molar-refractivity contribution in [2.75, 3.05) is 26.9 Å². The van der Waals surface area contributed by atoms with Gasteiger partial charge in [-0.1, -0.05) is 54.2 Å². The summed E-state index contributed by atoms with van der Waals surface area (Å²) in [7, 11) is 1.55. The summed E-state index contributed by atoms with van der Waals surface area (Å²) in [6, 6.07) is 17.1. The Kier molecular flexibility index (Phi) is 9.03. The van der Waals surface area contributed by atoms with Crippen molar-refractivity contribution in [3.05, 3.63) is 88.1 Å². The van der Waals surface area contributed by atoms with E-state index in [1.54, 1.807) is 7.11 Å². The van der Waals surface area contributed by atoms with Gasteiger partial charge in [0, 0.05) is 19.4 Å². The number of fused-ring (bicyclic) bond motifs is 1. The van der Waals surface area contributed by atoms with Crippen molar-refractivity contribution in [2.45, 2.75) is 32.9 Å². The van der Waals surface area contributed by atoms with Gasteiger partial charge in [0.2, 0.25) is 5.91 Å². The van der Waals surface area contributed by atoms with Gasteiger partial charge in [-0.05, 0) is 42.5 Å². The molecule has 0 aliphatic carbocycles. The van der Waals surface area contributed by atoms with Gasteiger partial charge in [0.05, 0.1) is 30.3 Å². The van der Waals surface area contributed by atoms with E-state index in [1.165, 1.54) is 11.8 Å². The monoisotopic (exact) mass is 521 g/mol. The molecule has 2 aliphatic rings. The van der Waals surface area contributed by atoms with Crippen LogP contribution in [0.1, 0.15) is 37.4 Å². The molecule has 0 spiro atoms. The quantitative estimate of drug-likeness (QED) is 0.343. The molecule has 1 N–H and O–H groups in total. The number of benzene rings is 2. The number of rotatable bonds is 11. The van der Waals surface area contributed by atoms with E-state index in [4.69, 9.17) is 19.2 Å². The topological polar surface area (TPSA) is 89.5 Å². The van der Waals surface area contributed by atoms with E-state index in [0.717, 1.165) is 16.8 Å². The summed E-state index contributed by atoms with van der Waals surface area (Å²) < 4.78 is 16.7. The summed E-state index contributed by atoms with van der Waals surface area (Å²) in [6.07, 6.45) is 0.172. The fraction of sp³-hybridized carbons (Fsp3) is 0.321. The Hall–Kier alpha value is -3.56. The summed E-state index contributed by atoms with van der Waals surface area (Å²) >= 11 is 1.44. The minimum absolute atomic E-state index is 0.0928. The normalized spacial score (nSPS) is 16.6. The highest BCUT2D eigenvalue weighted by Crippen LogP contribution is 2.45. The highest BCUT2D eigenvalue weighted by atomic mass is 32.2. The molecule has 2 aliphatic heterocycles. The smallest absolute Gasteiger partial charge is 0.338 e. The second-order valence-corrected chi connectivity index (χ2v) is 9.34. The summed E-state index contributed by atoms with van der Waals surface area (Å²) in [5.41, 5.74) is 3.66. The third kappa shape index (κ3) is 6.42. The van der Waals surface area contributed by atoms with Gasteiger partial charge < -0.3 is 24.4 Å². The number of amides is 1. The number of hydrogen-bond donors (Lipinski definition) is 1. The second-order valence-electron chi connectivity index (χ2n) is 8.50. The van der Waals surface area contributed by atoms with E-state index < -0.39 is 12.0 Å². The van der Waals surface area contributed by atoms with Crippen LogP contribution in [0.5, 0.6) is 5.75 Å². The first kappa shape index (κ1) is 26.5. The van der Waals surface area contributed by atoms with Crippen LogP contribution in [0.3, 0.4) is 0 Å². The molecule has 4 rings (SSSR count). The third-order valence-corrected chi connectivity index (χ3v) is 6.77. The number of ether oxygens (including phenoxy) is 3. The van der Waals surface area contributed by atoms with Crippen LogP contribution >= 0.6 is 11.8 Å². The van der Waals surface area contributed by atoms with Gasteiger partial charge in [0.15, 0.2) is 5.17 Å². The number of carbonyl (C=O) groups excluding carboxylic acids is 2. The summed E-state index contributed by atoms with van der Waals surface area (Å²) in [6.45, 7) is 5.08. The molecule has 8 nitrogen and oxygen atoms in total. The van der Waals surface area contributed by atoms with Gasteiger partial charge in [0.1, 0.15) is 19.0 Å². The number of carbonyl (C=O) groups is 2. The van der Waals surface area contributed by atoms with E-state index in [9.17, 15) is 9.59 Å². The fourth-order valence-corrected chi connectivity index (χ4v) is 5.15. The lowest BCUT2D eigenvalue weighted by Crippen LogP contribution is -2.38.